The van der Waals surface area contributed by atoms with E-state index in [1.165, 1.54) is 0 Å². The number of aromatic nitrogens is 3. The third kappa shape index (κ3) is 3.11. The summed E-state index contributed by atoms with van der Waals surface area (Å²) in [7, 11) is 0. The summed E-state index contributed by atoms with van der Waals surface area (Å²) < 4.78 is 13.2. The van der Waals surface area contributed by atoms with Gasteiger partial charge in [-0.25, -0.2) is 9.48 Å². The lowest BCUT2D eigenvalue weighted by molar-refractivity contribution is 0.0712. The van der Waals surface area contributed by atoms with E-state index in [1.54, 1.807) is 0 Å². The largest absolute Gasteiger partial charge is 0.440 e. The number of fused-ring (bicyclic) bond motifs is 2. The number of rotatable bonds is 4. The average molecular weight is 342 g/mol. The first-order valence-electron chi connectivity index (χ1n) is 8.66. The molecule has 0 unspecified atom stereocenters. The Kier molecular flexibility index (Phi) is 3.95. The zero-order valence-corrected chi connectivity index (χ0v) is 14.4. The summed E-state index contributed by atoms with van der Waals surface area (Å²) in [6.45, 7) is 5.10. The van der Waals surface area contributed by atoms with Crippen molar-refractivity contribution >= 4 is 6.09 Å². The molecule has 7 nitrogen and oxygen atoms in total. The maximum atomic E-state index is 12.0. The third-order valence-corrected chi connectivity index (χ3v) is 4.63. The molecule has 7 heteroatoms. The molecule has 0 radical (unpaired) electrons. The molecule has 1 aliphatic carbocycles. The maximum absolute atomic E-state index is 12.0. The van der Waals surface area contributed by atoms with Gasteiger partial charge in [0.2, 0.25) is 0 Å². The van der Waals surface area contributed by atoms with Crippen molar-refractivity contribution in [1.29, 1.82) is 0 Å². The molecular formula is C18H22N4O3. The lowest BCUT2D eigenvalue weighted by Gasteiger charge is -2.26. The van der Waals surface area contributed by atoms with E-state index in [0.29, 0.717) is 19.6 Å². The van der Waals surface area contributed by atoms with Crippen LogP contribution in [-0.4, -0.2) is 33.7 Å². The summed E-state index contributed by atoms with van der Waals surface area (Å²) in [5.41, 5.74) is 2.51. The molecule has 1 aromatic carbocycles. The molecule has 1 fully saturated rings. The van der Waals surface area contributed by atoms with E-state index in [9.17, 15) is 4.79 Å². The molecule has 1 aromatic heterocycles. The first kappa shape index (κ1) is 16.1. The summed E-state index contributed by atoms with van der Waals surface area (Å²) >= 11 is 0. The van der Waals surface area contributed by atoms with E-state index in [2.05, 4.69) is 27.8 Å². The van der Waals surface area contributed by atoms with Gasteiger partial charge in [-0.15, -0.1) is 5.10 Å². The number of nitrogens with zero attached hydrogens (tertiary/aromatic N) is 3. The monoisotopic (exact) mass is 342 g/mol. The van der Waals surface area contributed by atoms with Crippen LogP contribution in [0.5, 0.6) is 0 Å². The summed E-state index contributed by atoms with van der Waals surface area (Å²) in [4.78, 5) is 12.0. The van der Waals surface area contributed by atoms with Crippen LogP contribution >= 0.6 is 0 Å². The van der Waals surface area contributed by atoms with E-state index in [1.807, 2.05) is 36.7 Å². The van der Waals surface area contributed by atoms with Crippen LogP contribution in [0.25, 0.3) is 0 Å². The van der Waals surface area contributed by atoms with Crippen LogP contribution in [0.2, 0.25) is 0 Å². The molecule has 1 amide bonds. The fraction of sp³-hybridized carbons (Fsp3) is 0.500. The summed E-state index contributed by atoms with van der Waals surface area (Å²) in [6.07, 6.45) is 0.703. The van der Waals surface area contributed by atoms with Crippen molar-refractivity contribution in [3.63, 3.8) is 0 Å². The van der Waals surface area contributed by atoms with Gasteiger partial charge < -0.3 is 14.8 Å². The number of nitrogens with one attached hydrogen (secondary N) is 1. The Balaban J connectivity index is 1.60. The highest BCUT2D eigenvalue weighted by Gasteiger charge is 2.55. The molecule has 25 heavy (non-hydrogen) atoms. The number of ether oxygens (including phenoxy) is 2. The first-order valence-corrected chi connectivity index (χ1v) is 8.66. The summed E-state index contributed by atoms with van der Waals surface area (Å²) in [5, 5.41) is 11.4. The molecular weight excluding hydrogens is 320 g/mol. The number of hydrogen-bond donors (Lipinski definition) is 1. The molecule has 2 aromatic rings. The number of alkyl carbamates (subject to hydrolysis) is 1. The molecule has 2 aliphatic rings. The second-order valence-electron chi connectivity index (χ2n) is 6.98. The Labute approximate surface area is 146 Å². The SMILES string of the molecule is CC(C)NC(=O)O[C@H]1CC[C@]2(CO2)c2c1nnn2Cc1ccccc1. The van der Waals surface area contributed by atoms with Crippen molar-refractivity contribution < 1.29 is 14.3 Å². The first-order chi connectivity index (χ1) is 12.1. The van der Waals surface area contributed by atoms with E-state index >= 15 is 0 Å². The lowest BCUT2D eigenvalue weighted by atomic mass is 9.88. The minimum atomic E-state index is -0.420. The van der Waals surface area contributed by atoms with Crippen LogP contribution in [0.1, 0.15) is 49.7 Å². The van der Waals surface area contributed by atoms with Crippen molar-refractivity contribution in [2.45, 2.75) is 51.0 Å². The normalized spacial score (nSPS) is 24.2. The minimum Gasteiger partial charge on any atom is -0.440 e. The van der Waals surface area contributed by atoms with Gasteiger partial charge in [0.25, 0.3) is 0 Å². The molecule has 1 aliphatic heterocycles. The molecule has 0 saturated carbocycles. The second-order valence-corrected chi connectivity index (χ2v) is 6.98. The van der Waals surface area contributed by atoms with Crippen molar-refractivity contribution in [3.05, 3.63) is 47.3 Å². The third-order valence-electron chi connectivity index (χ3n) is 4.63. The van der Waals surface area contributed by atoms with Gasteiger partial charge in [0.15, 0.2) is 0 Å². The summed E-state index contributed by atoms with van der Waals surface area (Å²) in [5.74, 6) is 0. The highest BCUT2D eigenvalue weighted by atomic mass is 16.6. The number of benzene rings is 1. The van der Waals surface area contributed by atoms with Crippen LogP contribution in [0.4, 0.5) is 4.79 Å². The number of epoxide rings is 1. The van der Waals surface area contributed by atoms with E-state index in [4.69, 9.17) is 9.47 Å². The maximum Gasteiger partial charge on any atom is 0.408 e. The van der Waals surface area contributed by atoms with Crippen molar-refractivity contribution in [3.8, 4) is 0 Å². The van der Waals surface area contributed by atoms with Gasteiger partial charge in [-0.1, -0.05) is 35.5 Å². The minimum absolute atomic E-state index is 0.0300. The molecule has 1 saturated heterocycles. The Hall–Kier alpha value is -2.41. The van der Waals surface area contributed by atoms with E-state index in [-0.39, 0.29) is 17.7 Å². The fourth-order valence-electron chi connectivity index (χ4n) is 3.38. The number of hydrogen-bond acceptors (Lipinski definition) is 5. The van der Waals surface area contributed by atoms with Gasteiger partial charge in [0.1, 0.15) is 23.1 Å². The van der Waals surface area contributed by atoms with Crippen molar-refractivity contribution in [2.75, 3.05) is 6.61 Å². The van der Waals surface area contributed by atoms with Gasteiger partial charge in [0.05, 0.1) is 13.2 Å². The molecule has 0 bridgehead atoms. The molecule has 4 rings (SSSR count). The standard InChI is InChI=1S/C18H22N4O3/c1-12(2)19-17(23)25-14-8-9-18(11-24-18)16-15(14)20-21-22(16)10-13-6-4-3-5-7-13/h3-7,12,14H,8-11H2,1-2H3,(H,19,23)/t14-,18-/m0/s1. The topological polar surface area (TPSA) is 81.6 Å². The zero-order valence-electron chi connectivity index (χ0n) is 14.4. The van der Waals surface area contributed by atoms with Crippen LogP contribution in [0, 0.1) is 0 Å². The average Bonchev–Trinajstić information content (AvgIpc) is 3.22. The molecule has 132 valence electrons. The Bertz CT molecular complexity index is 768. The quantitative estimate of drug-likeness (QED) is 0.864. The second kappa shape index (κ2) is 6.15. The van der Waals surface area contributed by atoms with Crippen LogP contribution < -0.4 is 5.32 Å². The molecule has 2 heterocycles. The predicted octanol–water partition coefficient (Wildman–Crippen LogP) is 2.52. The molecule has 1 N–H and O–H groups in total. The van der Waals surface area contributed by atoms with Crippen molar-refractivity contribution in [2.24, 2.45) is 0 Å². The number of amides is 1. The van der Waals surface area contributed by atoms with Crippen molar-refractivity contribution in [1.82, 2.24) is 20.3 Å². The van der Waals surface area contributed by atoms with Gasteiger partial charge in [-0.05, 0) is 32.3 Å². The Morgan fingerprint density at radius 1 is 1.44 bits per heavy atom. The smallest absolute Gasteiger partial charge is 0.408 e. The highest BCUT2D eigenvalue weighted by Crippen LogP contribution is 2.51. The fourth-order valence-corrected chi connectivity index (χ4v) is 3.38. The molecule has 2 atom stereocenters. The van der Waals surface area contributed by atoms with Crippen LogP contribution in [-0.2, 0) is 21.6 Å². The lowest BCUT2D eigenvalue weighted by Crippen LogP contribution is -2.34. The highest BCUT2D eigenvalue weighted by molar-refractivity contribution is 5.67. The van der Waals surface area contributed by atoms with Crippen LogP contribution in [0.3, 0.4) is 0 Å². The number of carbonyl (C=O) groups is 1. The molecule has 1 spiro atoms. The van der Waals surface area contributed by atoms with E-state index in [0.717, 1.165) is 23.4 Å². The van der Waals surface area contributed by atoms with Gasteiger partial charge in [0, 0.05) is 6.04 Å². The number of carbonyl (C=O) groups excluding carboxylic acids is 1. The van der Waals surface area contributed by atoms with Gasteiger partial charge in [-0.2, -0.15) is 0 Å². The van der Waals surface area contributed by atoms with Crippen LogP contribution in [0.15, 0.2) is 30.3 Å². The summed E-state index contributed by atoms with van der Waals surface area (Å²) in [6, 6.07) is 10.1. The Morgan fingerprint density at radius 3 is 2.88 bits per heavy atom. The predicted molar refractivity (Wildman–Crippen MR) is 89.9 cm³/mol. The van der Waals surface area contributed by atoms with Gasteiger partial charge in [-0.3, -0.25) is 0 Å². The van der Waals surface area contributed by atoms with E-state index < -0.39 is 6.09 Å². The Morgan fingerprint density at radius 2 is 2.20 bits per heavy atom. The zero-order chi connectivity index (χ0) is 17.4. The van der Waals surface area contributed by atoms with Gasteiger partial charge >= 0.3 is 6.09 Å².